The fourth-order valence-electron chi connectivity index (χ4n) is 4.23. The first-order valence-electron chi connectivity index (χ1n) is 9.30. The van der Waals surface area contributed by atoms with E-state index < -0.39 is 0 Å². The molecule has 0 saturated carbocycles. The summed E-state index contributed by atoms with van der Waals surface area (Å²) in [5.74, 6) is -0.0679. The Kier molecular flexibility index (Phi) is 3.64. The van der Waals surface area contributed by atoms with E-state index in [1.165, 1.54) is 0 Å². The van der Waals surface area contributed by atoms with Gasteiger partial charge in [0.05, 0.1) is 6.42 Å². The number of ketones is 2. The highest BCUT2D eigenvalue weighted by Gasteiger charge is 2.24. The van der Waals surface area contributed by atoms with Crippen LogP contribution in [0, 0.1) is 0 Å². The normalized spacial score (nSPS) is 14.4. The molecule has 0 bridgehead atoms. The average Bonchev–Trinajstić information content (AvgIpc) is 2.75. The van der Waals surface area contributed by atoms with Crippen molar-refractivity contribution in [2.45, 2.75) is 19.3 Å². The number of benzene rings is 4. The number of aryl methyl sites for hydroxylation is 1. The van der Waals surface area contributed by atoms with E-state index in [0.717, 1.165) is 38.2 Å². The first-order chi connectivity index (χ1) is 13.2. The van der Waals surface area contributed by atoms with E-state index in [-0.39, 0.29) is 18.0 Å². The van der Waals surface area contributed by atoms with E-state index in [2.05, 4.69) is 36.4 Å². The van der Waals surface area contributed by atoms with Crippen LogP contribution in [0.4, 0.5) is 0 Å². The minimum atomic E-state index is -0.0819. The van der Waals surface area contributed by atoms with Crippen molar-refractivity contribution in [3.8, 4) is 11.1 Å². The third kappa shape index (κ3) is 2.57. The van der Waals surface area contributed by atoms with Crippen molar-refractivity contribution in [2.24, 2.45) is 0 Å². The molecule has 0 fully saturated rings. The van der Waals surface area contributed by atoms with Crippen molar-refractivity contribution >= 4 is 33.1 Å². The lowest BCUT2D eigenvalue weighted by Gasteiger charge is -2.17. The smallest absolute Gasteiger partial charge is 0.170 e. The van der Waals surface area contributed by atoms with Gasteiger partial charge in [0.2, 0.25) is 0 Å². The summed E-state index contributed by atoms with van der Waals surface area (Å²) in [6.45, 7) is 0. The van der Waals surface area contributed by atoms with Crippen LogP contribution >= 0.6 is 0 Å². The third-order valence-corrected chi connectivity index (χ3v) is 5.53. The van der Waals surface area contributed by atoms with Crippen LogP contribution in [-0.4, -0.2) is 11.6 Å². The highest BCUT2D eigenvalue weighted by Crippen LogP contribution is 2.40. The predicted octanol–water partition coefficient (Wildman–Crippen LogP) is 5.75. The summed E-state index contributed by atoms with van der Waals surface area (Å²) in [7, 11) is 0. The lowest BCUT2D eigenvalue weighted by molar-refractivity contribution is -0.118. The number of hydrogen-bond acceptors (Lipinski definition) is 2. The first kappa shape index (κ1) is 16.0. The van der Waals surface area contributed by atoms with E-state index in [4.69, 9.17) is 0 Å². The van der Waals surface area contributed by atoms with Gasteiger partial charge < -0.3 is 0 Å². The van der Waals surface area contributed by atoms with Crippen LogP contribution in [0.2, 0.25) is 0 Å². The molecular formula is C25H18O2. The summed E-state index contributed by atoms with van der Waals surface area (Å²) in [4.78, 5) is 25.3. The molecule has 2 heteroatoms. The molecule has 0 amide bonds. The molecule has 130 valence electrons. The summed E-state index contributed by atoms with van der Waals surface area (Å²) in [5.41, 5.74) is 3.86. The predicted molar refractivity (Wildman–Crippen MR) is 109 cm³/mol. The van der Waals surface area contributed by atoms with Crippen molar-refractivity contribution in [2.75, 3.05) is 0 Å². The molecule has 4 aromatic rings. The van der Waals surface area contributed by atoms with Crippen molar-refractivity contribution in [3.63, 3.8) is 0 Å². The Bertz CT molecular complexity index is 1230. The van der Waals surface area contributed by atoms with Gasteiger partial charge in [-0.3, -0.25) is 9.59 Å². The van der Waals surface area contributed by atoms with Gasteiger partial charge in [0, 0.05) is 17.5 Å². The summed E-state index contributed by atoms with van der Waals surface area (Å²) in [5, 5.41) is 4.45. The molecule has 4 aromatic carbocycles. The maximum atomic E-state index is 13.0. The van der Waals surface area contributed by atoms with E-state index >= 15 is 0 Å². The van der Waals surface area contributed by atoms with Crippen molar-refractivity contribution < 1.29 is 9.59 Å². The van der Waals surface area contributed by atoms with Gasteiger partial charge in [0.25, 0.3) is 0 Å². The van der Waals surface area contributed by atoms with Gasteiger partial charge in [-0.15, -0.1) is 0 Å². The Morgan fingerprint density at radius 1 is 0.593 bits per heavy atom. The van der Waals surface area contributed by atoms with E-state index in [1.807, 2.05) is 36.4 Å². The molecule has 1 aliphatic carbocycles. The SMILES string of the molecule is O=C1CCc2ccc3ccccc3c2-c2c(ccc3ccccc23)C(=O)C1. The summed E-state index contributed by atoms with van der Waals surface area (Å²) in [6.07, 6.45) is 1.05. The number of carbonyl (C=O) groups excluding carboxylic acids is 2. The molecule has 0 radical (unpaired) electrons. The topological polar surface area (TPSA) is 34.1 Å². The second kappa shape index (κ2) is 6.17. The Labute approximate surface area is 157 Å². The molecule has 0 aromatic heterocycles. The van der Waals surface area contributed by atoms with E-state index in [1.54, 1.807) is 0 Å². The fraction of sp³-hybridized carbons (Fsp3) is 0.120. The molecule has 1 aliphatic rings. The van der Waals surface area contributed by atoms with Gasteiger partial charge >= 0.3 is 0 Å². The standard InChI is InChI=1S/C25H18O2/c26-19-13-11-18-10-9-16-5-1-3-7-20(16)24(18)25-21-8-4-2-6-17(21)12-14-22(25)23(27)15-19/h1-10,12,14H,11,13,15H2. The van der Waals surface area contributed by atoms with Crippen LogP contribution in [0.1, 0.15) is 28.8 Å². The van der Waals surface area contributed by atoms with Crippen LogP contribution < -0.4 is 0 Å². The number of Topliss-reactive ketones (excluding diaryl/α,β-unsaturated/α-hetero) is 2. The van der Waals surface area contributed by atoms with Gasteiger partial charge in [0.1, 0.15) is 5.78 Å². The van der Waals surface area contributed by atoms with Gasteiger partial charge in [0.15, 0.2) is 5.78 Å². The van der Waals surface area contributed by atoms with Crippen LogP contribution in [0.5, 0.6) is 0 Å². The molecule has 0 aliphatic heterocycles. The highest BCUT2D eigenvalue weighted by atomic mass is 16.1. The zero-order valence-corrected chi connectivity index (χ0v) is 14.9. The third-order valence-electron chi connectivity index (χ3n) is 5.53. The summed E-state index contributed by atoms with van der Waals surface area (Å²) in [6, 6.07) is 24.6. The maximum absolute atomic E-state index is 13.0. The fourth-order valence-corrected chi connectivity index (χ4v) is 4.23. The molecule has 0 N–H and O–H groups in total. The van der Waals surface area contributed by atoms with E-state index in [0.29, 0.717) is 18.4 Å². The van der Waals surface area contributed by atoms with Crippen LogP contribution in [0.3, 0.4) is 0 Å². The van der Waals surface area contributed by atoms with Crippen LogP contribution in [-0.2, 0) is 11.2 Å². The molecule has 0 saturated heterocycles. The largest absolute Gasteiger partial charge is 0.299 e. The second-order valence-electron chi connectivity index (χ2n) is 7.17. The molecule has 0 heterocycles. The van der Waals surface area contributed by atoms with Crippen LogP contribution in [0.25, 0.3) is 32.7 Å². The zero-order chi connectivity index (χ0) is 18.4. The molecule has 5 rings (SSSR count). The number of carbonyl (C=O) groups is 2. The Morgan fingerprint density at radius 3 is 1.96 bits per heavy atom. The number of hydrogen-bond donors (Lipinski definition) is 0. The Balaban J connectivity index is 2.00. The molecule has 0 atom stereocenters. The van der Waals surface area contributed by atoms with Gasteiger partial charge in [-0.05, 0) is 39.1 Å². The van der Waals surface area contributed by atoms with Crippen molar-refractivity contribution in [1.29, 1.82) is 0 Å². The van der Waals surface area contributed by atoms with Gasteiger partial charge in [-0.25, -0.2) is 0 Å². The molecular weight excluding hydrogens is 332 g/mol. The first-order valence-corrected chi connectivity index (χ1v) is 9.30. The monoisotopic (exact) mass is 350 g/mol. The minimum Gasteiger partial charge on any atom is -0.299 e. The molecule has 2 nitrogen and oxygen atoms in total. The minimum absolute atomic E-state index is 0.0140. The Morgan fingerprint density at radius 2 is 1.22 bits per heavy atom. The quantitative estimate of drug-likeness (QED) is 0.379. The number of rotatable bonds is 0. The lowest BCUT2D eigenvalue weighted by atomic mass is 9.85. The van der Waals surface area contributed by atoms with Crippen LogP contribution in [0.15, 0.2) is 72.8 Å². The van der Waals surface area contributed by atoms with Gasteiger partial charge in [-0.1, -0.05) is 72.8 Å². The maximum Gasteiger partial charge on any atom is 0.170 e. The molecule has 0 spiro atoms. The van der Waals surface area contributed by atoms with Gasteiger partial charge in [-0.2, -0.15) is 0 Å². The highest BCUT2D eigenvalue weighted by molar-refractivity contribution is 6.19. The lowest BCUT2D eigenvalue weighted by Crippen LogP contribution is -2.08. The zero-order valence-electron chi connectivity index (χ0n) is 14.9. The average molecular weight is 350 g/mol. The molecule has 27 heavy (non-hydrogen) atoms. The van der Waals surface area contributed by atoms with Crippen molar-refractivity contribution in [1.82, 2.24) is 0 Å². The molecule has 0 unspecified atom stereocenters. The summed E-state index contributed by atoms with van der Waals surface area (Å²) >= 11 is 0. The second-order valence-corrected chi connectivity index (χ2v) is 7.17. The van der Waals surface area contributed by atoms with Crippen molar-refractivity contribution in [3.05, 3.63) is 83.9 Å². The summed E-state index contributed by atoms with van der Waals surface area (Å²) < 4.78 is 0. The Hall–Kier alpha value is -3.26. The van der Waals surface area contributed by atoms with E-state index in [9.17, 15) is 9.59 Å². The number of fused-ring (bicyclic) bond motifs is 7.